The highest BCUT2D eigenvalue weighted by Gasteiger charge is 2.50. The van der Waals surface area contributed by atoms with Gasteiger partial charge < -0.3 is 19.1 Å². The van der Waals surface area contributed by atoms with Gasteiger partial charge in [0.1, 0.15) is 0 Å². The maximum Gasteiger partial charge on any atom is 0.271 e. The minimum atomic E-state index is -2.68. The van der Waals surface area contributed by atoms with Gasteiger partial charge in [-0.1, -0.05) is 81.4 Å². The normalized spacial score (nSPS) is 14.6. The molecule has 0 atom stereocenters. The molecule has 3 aromatic rings. The van der Waals surface area contributed by atoms with Crippen LogP contribution in [0, 0.1) is 10.1 Å². The molecule has 4 rings (SSSR count). The number of rotatable bonds is 10. The highest BCUT2D eigenvalue weighted by molar-refractivity contribution is 6.99. The Kier molecular flexibility index (Phi) is 9.63. The molecule has 41 heavy (non-hydrogen) atoms. The molecule has 0 aromatic heterocycles. The molecule has 218 valence electrons. The van der Waals surface area contributed by atoms with Gasteiger partial charge in [-0.3, -0.25) is 14.9 Å². The summed E-state index contributed by atoms with van der Waals surface area (Å²) < 4.78 is 6.95. The number of nitro groups is 1. The van der Waals surface area contributed by atoms with E-state index in [1.807, 2.05) is 12.1 Å². The number of hydrogen-bond acceptors (Lipinski definition) is 6. The molecule has 0 unspecified atom stereocenters. The molecule has 0 spiro atoms. The first-order valence-electron chi connectivity index (χ1n) is 14.3. The summed E-state index contributed by atoms with van der Waals surface area (Å²) >= 11 is 0. The van der Waals surface area contributed by atoms with E-state index in [0.717, 1.165) is 31.9 Å². The third kappa shape index (κ3) is 6.69. The molecule has 0 radical (unpaired) electrons. The van der Waals surface area contributed by atoms with Crippen LogP contribution in [0.1, 0.15) is 33.6 Å². The van der Waals surface area contributed by atoms with Gasteiger partial charge in [-0.15, -0.1) is 0 Å². The zero-order valence-electron chi connectivity index (χ0n) is 24.9. The van der Waals surface area contributed by atoms with E-state index in [-0.39, 0.29) is 23.1 Å². The molecule has 1 aliphatic rings. The van der Waals surface area contributed by atoms with Crippen LogP contribution in [0.4, 0.5) is 17.1 Å². The van der Waals surface area contributed by atoms with Crippen molar-refractivity contribution in [2.45, 2.75) is 38.7 Å². The molecular weight excluding hydrogens is 532 g/mol. The van der Waals surface area contributed by atoms with E-state index in [1.165, 1.54) is 22.5 Å². The fraction of sp³-hybridized carbons (Fsp3) is 0.406. The number of carbonyl (C=O) groups is 1. The van der Waals surface area contributed by atoms with Crippen LogP contribution >= 0.6 is 0 Å². The van der Waals surface area contributed by atoms with Crippen LogP contribution in [-0.4, -0.2) is 70.9 Å². The Bertz CT molecular complexity index is 1280. The quantitative estimate of drug-likeness (QED) is 0.152. The van der Waals surface area contributed by atoms with Crippen molar-refractivity contribution in [2.24, 2.45) is 0 Å². The van der Waals surface area contributed by atoms with Gasteiger partial charge in [0.25, 0.3) is 14.0 Å². The van der Waals surface area contributed by atoms with Crippen molar-refractivity contribution in [1.82, 2.24) is 4.90 Å². The molecule has 8 nitrogen and oxygen atoms in total. The van der Waals surface area contributed by atoms with E-state index in [9.17, 15) is 14.9 Å². The van der Waals surface area contributed by atoms with Gasteiger partial charge in [-0.05, 0) is 34.9 Å². The van der Waals surface area contributed by atoms with Crippen molar-refractivity contribution in [3.05, 3.63) is 89.0 Å². The number of non-ortho nitro benzene ring substituents is 1. The molecule has 0 bridgehead atoms. The largest absolute Gasteiger partial charge is 0.407 e. The highest BCUT2D eigenvalue weighted by Crippen LogP contribution is 2.37. The van der Waals surface area contributed by atoms with Crippen LogP contribution in [-0.2, 0) is 9.22 Å². The van der Waals surface area contributed by atoms with Crippen LogP contribution in [0.3, 0.4) is 0 Å². The molecule has 0 N–H and O–H groups in total. The molecule has 1 amide bonds. The summed E-state index contributed by atoms with van der Waals surface area (Å²) in [6.07, 6.45) is 0.825. The van der Waals surface area contributed by atoms with Gasteiger partial charge in [0.2, 0.25) is 5.91 Å². The number of nitro benzene ring substituents is 1. The summed E-state index contributed by atoms with van der Waals surface area (Å²) in [5.74, 6) is -0.0908. The lowest BCUT2D eigenvalue weighted by Crippen LogP contribution is -2.66. The molecular formula is C32H42N4O4Si. The standard InChI is InChI=1S/C32H42N4O4Si/c1-32(2,3)41(27-13-8-6-9-14-27,28-15-10-7-11-16-28)40-24-12-17-31(37)34(5)30-25-26(36(38)39)18-19-29(30)35-22-20-33(4)21-23-35/h6-11,13-16,18-19,25H,12,17,20-24H2,1-5H3. The van der Waals surface area contributed by atoms with Crippen LogP contribution < -0.4 is 20.2 Å². The van der Waals surface area contributed by atoms with E-state index >= 15 is 0 Å². The average Bonchev–Trinajstić information content (AvgIpc) is 2.97. The van der Waals surface area contributed by atoms with E-state index in [0.29, 0.717) is 18.7 Å². The smallest absolute Gasteiger partial charge is 0.271 e. The van der Waals surface area contributed by atoms with Crippen LogP contribution in [0.25, 0.3) is 0 Å². The van der Waals surface area contributed by atoms with Gasteiger partial charge >= 0.3 is 0 Å². The summed E-state index contributed by atoms with van der Waals surface area (Å²) in [6.45, 7) is 10.5. The highest BCUT2D eigenvalue weighted by atomic mass is 28.4. The van der Waals surface area contributed by atoms with Crippen LogP contribution in [0.5, 0.6) is 0 Å². The van der Waals surface area contributed by atoms with Gasteiger partial charge in [0.15, 0.2) is 0 Å². The third-order valence-corrected chi connectivity index (χ3v) is 13.1. The van der Waals surface area contributed by atoms with Gasteiger partial charge in [-0.2, -0.15) is 0 Å². The lowest BCUT2D eigenvalue weighted by atomic mass is 10.1. The predicted molar refractivity (Wildman–Crippen MR) is 169 cm³/mol. The number of benzene rings is 3. The third-order valence-electron chi connectivity index (χ3n) is 8.02. The Morgan fingerprint density at radius 1 is 0.951 bits per heavy atom. The van der Waals surface area contributed by atoms with Crippen molar-refractivity contribution in [2.75, 3.05) is 56.7 Å². The number of likely N-dealkylation sites (N-methyl/N-ethyl adjacent to an activating group) is 1. The second-order valence-electron chi connectivity index (χ2n) is 11.8. The zero-order chi connectivity index (χ0) is 29.6. The number of piperazine rings is 1. The van der Waals surface area contributed by atoms with Crippen molar-refractivity contribution >= 4 is 41.7 Å². The lowest BCUT2D eigenvalue weighted by molar-refractivity contribution is -0.384. The SMILES string of the molecule is CN1CCN(c2ccc([N+](=O)[O-])cc2N(C)C(=O)CCCO[Si](c2ccccc2)(c2ccccc2)C(C)(C)C)CC1. The number of carbonyl (C=O) groups excluding carboxylic acids is 1. The van der Waals surface area contributed by atoms with Crippen LogP contribution in [0.2, 0.25) is 5.04 Å². The molecule has 0 saturated carbocycles. The first-order valence-corrected chi connectivity index (χ1v) is 16.2. The van der Waals surface area contributed by atoms with Gasteiger partial charge in [0, 0.05) is 58.4 Å². The summed E-state index contributed by atoms with van der Waals surface area (Å²) in [5, 5.41) is 13.8. The van der Waals surface area contributed by atoms with Gasteiger partial charge in [0.05, 0.1) is 16.3 Å². The zero-order valence-corrected chi connectivity index (χ0v) is 25.9. The van der Waals surface area contributed by atoms with Gasteiger partial charge in [-0.25, -0.2) is 0 Å². The summed E-state index contributed by atoms with van der Waals surface area (Å²) in [5.41, 5.74) is 1.40. The summed E-state index contributed by atoms with van der Waals surface area (Å²) in [4.78, 5) is 30.6. The van der Waals surface area contributed by atoms with Crippen LogP contribution in [0.15, 0.2) is 78.9 Å². The summed E-state index contributed by atoms with van der Waals surface area (Å²) in [7, 11) is 1.11. The second-order valence-corrected chi connectivity index (χ2v) is 16.1. The Balaban J connectivity index is 1.52. The van der Waals surface area contributed by atoms with E-state index in [2.05, 4.69) is 86.1 Å². The molecule has 1 heterocycles. The predicted octanol–water partition coefficient (Wildman–Crippen LogP) is 4.67. The van der Waals surface area contributed by atoms with Crippen molar-refractivity contribution in [3.8, 4) is 0 Å². The molecule has 0 aliphatic carbocycles. The minimum absolute atomic E-state index is 0.0208. The maximum atomic E-state index is 13.5. The van der Waals surface area contributed by atoms with Crippen molar-refractivity contribution < 1.29 is 14.1 Å². The average molecular weight is 575 g/mol. The topological polar surface area (TPSA) is 79.2 Å². The Hall–Kier alpha value is -3.53. The van der Waals surface area contributed by atoms with Crippen molar-refractivity contribution in [1.29, 1.82) is 0 Å². The minimum Gasteiger partial charge on any atom is -0.407 e. The molecule has 3 aromatic carbocycles. The van der Waals surface area contributed by atoms with E-state index in [4.69, 9.17) is 4.43 Å². The number of anilines is 2. The maximum absolute atomic E-state index is 13.5. The lowest BCUT2D eigenvalue weighted by Gasteiger charge is -2.43. The molecule has 1 fully saturated rings. The van der Waals surface area contributed by atoms with E-state index in [1.54, 1.807) is 18.0 Å². The molecule has 1 saturated heterocycles. The fourth-order valence-electron chi connectivity index (χ4n) is 5.72. The Labute approximate surface area is 244 Å². The first kappa shape index (κ1) is 30.4. The molecule has 1 aliphatic heterocycles. The Morgan fingerprint density at radius 2 is 1.51 bits per heavy atom. The summed E-state index contributed by atoms with van der Waals surface area (Å²) in [6, 6.07) is 25.7. The van der Waals surface area contributed by atoms with E-state index < -0.39 is 13.2 Å². The molecule has 9 heteroatoms. The fourth-order valence-corrected chi connectivity index (χ4v) is 10.3. The number of nitrogens with zero attached hydrogens (tertiary/aromatic N) is 4. The monoisotopic (exact) mass is 574 g/mol. The first-order chi connectivity index (χ1) is 19.5. The second kappa shape index (κ2) is 13.0. The Morgan fingerprint density at radius 3 is 2.02 bits per heavy atom. The van der Waals surface area contributed by atoms with Crippen molar-refractivity contribution in [3.63, 3.8) is 0 Å². The number of hydrogen-bond donors (Lipinski definition) is 0. The number of amides is 1.